The molecular formula is C22H25NO5S. The summed E-state index contributed by atoms with van der Waals surface area (Å²) in [7, 11) is 0. The quantitative estimate of drug-likeness (QED) is 0.715. The number of esters is 2. The molecule has 0 fully saturated rings. The van der Waals surface area contributed by atoms with Gasteiger partial charge in [-0.15, -0.1) is 11.3 Å². The monoisotopic (exact) mass is 415 g/mol. The van der Waals surface area contributed by atoms with Crippen molar-refractivity contribution < 1.29 is 23.9 Å². The van der Waals surface area contributed by atoms with E-state index in [1.165, 1.54) is 11.3 Å². The van der Waals surface area contributed by atoms with Crippen LogP contribution in [0.4, 0.5) is 5.00 Å². The zero-order valence-corrected chi connectivity index (χ0v) is 17.7. The lowest BCUT2D eigenvalue weighted by atomic mass is 9.95. The van der Waals surface area contributed by atoms with Crippen LogP contribution in [0.1, 0.15) is 62.0 Å². The van der Waals surface area contributed by atoms with Gasteiger partial charge in [0.15, 0.2) is 6.61 Å². The number of aryl methyl sites for hydroxylation is 3. The number of anilines is 1. The maximum Gasteiger partial charge on any atom is 0.341 e. The topological polar surface area (TPSA) is 81.7 Å². The molecule has 2 aromatic rings. The van der Waals surface area contributed by atoms with Crippen LogP contribution < -0.4 is 5.32 Å². The fourth-order valence-electron chi connectivity index (χ4n) is 3.32. The number of carbonyl (C=O) groups excluding carboxylic acids is 3. The highest BCUT2D eigenvalue weighted by molar-refractivity contribution is 7.17. The minimum absolute atomic E-state index is 0.268. The van der Waals surface area contributed by atoms with Gasteiger partial charge in [-0.1, -0.05) is 6.07 Å². The molecule has 154 valence electrons. The lowest BCUT2D eigenvalue weighted by molar-refractivity contribution is -0.119. The molecule has 1 aliphatic carbocycles. The van der Waals surface area contributed by atoms with Gasteiger partial charge in [-0.25, -0.2) is 9.59 Å². The maximum absolute atomic E-state index is 12.4. The number of fused-ring (bicyclic) bond motifs is 1. The molecule has 1 amide bonds. The Balaban J connectivity index is 1.68. The van der Waals surface area contributed by atoms with Gasteiger partial charge in [0, 0.05) is 4.88 Å². The van der Waals surface area contributed by atoms with E-state index in [1.807, 2.05) is 19.9 Å². The zero-order chi connectivity index (χ0) is 21.0. The Hall–Kier alpha value is -2.67. The van der Waals surface area contributed by atoms with Gasteiger partial charge in [0.1, 0.15) is 5.00 Å². The summed E-state index contributed by atoms with van der Waals surface area (Å²) in [5.41, 5.74) is 3.88. The highest BCUT2D eigenvalue weighted by atomic mass is 32.1. The van der Waals surface area contributed by atoms with Crippen molar-refractivity contribution in [1.29, 1.82) is 0 Å². The lowest BCUT2D eigenvalue weighted by Crippen LogP contribution is -2.22. The van der Waals surface area contributed by atoms with E-state index < -0.39 is 24.5 Å². The van der Waals surface area contributed by atoms with Crippen molar-refractivity contribution in [3.05, 3.63) is 50.9 Å². The minimum Gasteiger partial charge on any atom is -0.462 e. The molecule has 0 spiro atoms. The number of benzene rings is 1. The van der Waals surface area contributed by atoms with Crippen LogP contribution in [-0.2, 0) is 27.1 Å². The van der Waals surface area contributed by atoms with Crippen LogP contribution >= 0.6 is 11.3 Å². The average Bonchev–Trinajstić information content (AvgIpc) is 3.06. The largest absolute Gasteiger partial charge is 0.462 e. The van der Waals surface area contributed by atoms with Gasteiger partial charge < -0.3 is 14.8 Å². The van der Waals surface area contributed by atoms with E-state index >= 15 is 0 Å². The number of hydrogen-bond donors (Lipinski definition) is 1. The third-order valence-corrected chi connectivity index (χ3v) is 6.19. The summed E-state index contributed by atoms with van der Waals surface area (Å²) in [5, 5.41) is 3.21. The molecule has 3 rings (SSSR count). The fourth-order valence-corrected chi connectivity index (χ4v) is 4.61. The second-order valence-electron chi connectivity index (χ2n) is 7.06. The molecule has 1 aromatic heterocycles. The molecular weight excluding hydrogens is 390 g/mol. The Labute approximate surface area is 174 Å². The molecule has 0 saturated carbocycles. The highest BCUT2D eigenvalue weighted by Crippen LogP contribution is 2.38. The second-order valence-corrected chi connectivity index (χ2v) is 8.16. The van der Waals surface area contributed by atoms with Crippen LogP contribution in [-0.4, -0.2) is 31.1 Å². The average molecular weight is 416 g/mol. The molecule has 29 heavy (non-hydrogen) atoms. The lowest BCUT2D eigenvalue weighted by Gasteiger charge is -2.12. The van der Waals surface area contributed by atoms with E-state index in [4.69, 9.17) is 9.47 Å². The molecule has 1 aliphatic rings. The summed E-state index contributed by atoms with van der Waals surface area (Å²) in [4.78, 5) is 38.1. The molecule has 0 saturated heterocycles. The predicted molar refractivity (Wildman–Crippen MR) is 112 cm³/mol. The SMILES string of the molecule is CCOC(=O)c1c(NC(=O)COC(=O)c2ccc(C)c(C)c2)sc2c1CCCC2. The second kappa shape index (κ2) is 9.22. The summed E-state index contributed by atoms with van der Waals surface area (Å²) in [6.45, 7) is 5.47. The molecule has 1 heterocycles. The number of thiophene rings is 1. The number of rotatable bonds is 6. The Morgan fingerprint density at radius 1 is 1.03 bits per heavy atom. The number of amides is 1. The number of nitrogens with one attached hydrogen (secondary N) is 1. The first-order valence-corrected chi connectivity index (χ1v) is 10.6. The standard InChI is InChI=1S/C22H25NO5S/c1-4-27-22(26)19-16-7-5-6-8-17(16)29-20(19)23-18(24)12-28-21(25)15-10-9-13(2)14(3)11-15/h9-11H,4-8,12H2,1-3H3,(H,23,24). The van der Waals surface area contributed by atoms with E-state index in [1.54, 1.807) is 19.1 Å². The summed E-state index contributed by atoms with van der Waals surface area (Å²) < 4.78 is 10.3. The van der Waals surface area contributed by atoms with Crippen molar-refractivity contribution in [3.8, 4) is 0 Å². The van der Waals surface area contributed by atoms with E-state index in [9.17, 15) is 14.4 Å². The molecule has 0 bridgehead atoms. The molecule has 0 atom stereocenters. The zero-order valence-electron chi connectivity index (χ0n) is 16.9. The first-order valence-electron chi connectivity index (χ1n) is 9.76. The summed E-state index contributed by atoms with van der Waals surface area (Å²) in [6.07, 6.45) is 3.77. The van der Waals surface area contributed by atoms with Gasteiger partial charge in [0.2, 0.25) is 0 Å². The molecule has 6 nitrogen and oxygen atoms in total. The third kappa shape index (κ3) is 4.85. The summed E-state index contributed by atoms with van der Waals surface area (Å²) in [6, 6.07) is 5.25. The fraction of sp³-hybridized carbons (Fsp3) is 0.409. The first kappa shape index (κ1) is 21.0. The van der Waals surface area contributed by atoms with Gasteiger partial charge in [-0.05, 0) is 75.3 Å². The van der Waals surface area contributed by atoms with Gasteiger partial charge in [-0.2, -0.15) is 0 Å². The van der Waals surface area contributed by atoms with Gasteiger partial charge in [0.25, 0.3) is 5.91 Å². The molecule has 1 N–H and O–H groups in total. The molecule has 1 aromatic carbocycles. The third-order valence-electron chi connectivity index (χ3n) is 4.98. The van der Waals surface area contributed by atoms with Crippen LogP contribution in [0.2, 0.25) is 0 Å². The van der Waals surface area contributed by atoms with Gasteiger partial charge >= 0.3 is 11.9 Å². The Kier molecular flexibility index (Phi) is 6.69. The number of ether oxygens (including phenoxy) is 2. The smallest absolute Gasteiger partial charge is 0.341 e. The van der Waals surface area contributed by atoms with Crippen molar-refractivity contribution in [2.45, 2.75) is 46.5 Å². The van der Waals surface area contributed by atoms with E-state index in [0.717, 1.165) is 47.3 Å². The minimum atomic E-state index is -0.556. The molecule has 0 aliphatic heterocycles. The number of hydrogen-bond acceptors (Lipinski definition) is 6. The Morgan fingerprint density at radius 2 is 1.79 bits per heavy atom. The van der Waals surface area contributed by atoms with Crippen molar-refractivity contribution >= 4 is 34.2 Å². The van der Waals surface area contributed by atoms with Crippen LogP contribution in [0.15, 0.2) is 18.2 Å². The van der Waals surface area contributed by atoms with Crippen molar-refractivity contribution in [2.24, 2.45) is 0 Å². The van der Waals surface area contributed by atoms with Crippen LogP contribution in [0, 0.1) is 13.8 Å². The maximum atomic E-state index is 12.4. The van der Waals surface area contributed by atoms with Gasteiger partial charge in [0.05, 0.1) is 17.7 Å². The summed E-state index contributed by atoms with van der Waals surface area (Å²) >= 11 is 1.41. The van der Waals surface area contributed by atoms with E-state index in [0.29, 0.717) is 16.1 Å². The van der Waals surface area contributed by atoms with Gasteiger partial charge in [-0.3, -0.25) is 4.79 Å². The van der Waals surface area contributed by atoms with E-state index in [2.05, 4.69) is 5.32 Å². The molecule has 7 heteroatoms. The summed E-state index contributed by atoms with van der Waals surface area (Å²) in [5.74, 6) is -1.46. The van der Waals surface area contributed by atoms with Crippen LogP contribution in [0.5, 0.6) is 0 Å². The van der Waals surface area contributed by atoms with E-state index in [-0.39, 0.29) is 6.61 Å². The van der Waals surface area contributed by atoms with Crippen molar-refractivity contribution in [3.63, 3.8) is 0 Å². The number of carbonyl (C=O) groups is 3. The Bertz CT molecular complexity index is 947. The normalized spacial score (nSPS) is 12.8. The molecule has 0 unspecified atom stereocenters. The van der Waals surface area contributed by atoms with Crippen LogP contribution in [0.25, 0.3) is 0 Å². The Morgan fingerprint density at radius 3 is 2.52 bits per heavy atom. The first-order chi connectivity index (χ1) is 13.9. The highest BCUT2D eigenvalue weighted by Gasteiger charge is 2.27. The molecule has 0 radical (unpaired) electrons. The predicted octanol–water partition coefficient (Wildman–Crippen LogP) is 4.22. The van der Waals surface area contributed by atoms with Crippen molar-refractivity contribution in [2.75, 3.05) is 18.5 Å². The van der Waals surface area contributed by atoms with Crippen LogP contribution in [0.3, 0.4) is 0 Å². The van der Waals surface area contributed by atoms with Crippen molar-refractivity contribution in [1.82, 2.24) is 0 Å².